The lowest BCUT2D eigenvalue weighted by molar-refractivity contribution is -0.0191. The van der Waals surface area contributed by atoms with E-state index in [0.29, 0.717) is 12.1 Å². The number of Topliss-reactive ketones (excluding diaryl/α,β-unsaturated/α-hetero) is 1. The summed E-state index contributed by atoms with van der Waals surface area (Å²) in [6.45, 7) is 4.59. The number of carbonyl (C=O) groups is 1. The van der Waals surface area contributed by atoms with E-state index < -0.39 is 0 Å². The first kappa shape index (κ1) is 15.6. The van der Waals surface area contributed by atoms with Crippen molar-refractivity contribution in [2.24, 2.45) is 0 Å². The summed E-state index contributed by atoms with van der Waals surface area (Å²) in [5, 5.41) is 0.286. The third-order valence-corrected chi connectivity index (χ3v) is 4.54. The predicted molar refractivity (Wildman–Crippen MR) is 89.0 cm³/mol. The van der Waals surface area contributed by atoms with Gasteiger partial charge in [0.05, 0.1) is 23.7 Å². The number of rotatable bonds is 4. The minimum Gasteiger partial charge on any atom is -0.375 e. The molecule has 22 heavy (non-hydrogen) atoms. The Labute approximate surface area is 138 Å². The van der Waals surface area contributed by atoms with Crippen molar-refractivity contribution in [3.8, 4) is 0 Å². The first-order chi connectivity index (χ1) is 10.6. The maximum absolute atomic E-state index is 12.2. The van der Waals surface area contributed by atoms with Gasteiger partial charge in [-0.2, -0.15) is 0 Å². The van der Waals surface area contributed by atoms with Gasteiger partial charge < -0.3 is 14.0 Å². The zero-order valence-electron chi connectivity index (χ0n) is 12.9. The van der Waals surface area contributed by atoms with Crippen LogP contribution in [0.2, 0.25) is 0 Å². The standard InChI is InChI=1S/C16H20BrN3O2/c1-11-3-4-20-13(8-12-10-19(2)5-6-22-12)16(14(21)9-17)18-15(20)7-11/h3-4,7,12H,5-6,8-10H2,1-2H3. The number of alkyl halides is 1. The van der Waals surface area contributed by atoms with Crippen molar-refractivity contribution >= 4 is 27.4 Å². The Morgan fingerprint density at radius 1 is 1.55 bits per heavy atom. The lowest BCUT2D eigenvalue weighted by atomic mass is 10.1. The van der Waals surface area contributed by atoms with Crippen LogP contribution in [0.1, 0.15) is 21.7 Å². The molecule has 6 heteroatoms. The molecule has 3 rings (SSSR count). The lowest BCUT2D eigenvalue weighted by Gasteiger charge is -2.30. The van der Waals surface area contributed by atoms with Crippen molar-refractivity contribution in [1.29, 1.82) is 0 Å². The average Bonchev–Trinajstić information content (AvgIpc) is 2.84. The molecule has 0 amide bonds. The number of morpholine rings is 1. The van der Waals surface area contributed by atoms with Crippen LogP contribution in [0.25, 0.3) is 5.65 Å². The van der Waals surface area contributed by atoms with Gasteiger partial charge >= 0.3 is 0 Å². The molecule has 0 saturated carbocycles. The van der Waals surface area contributed by atoms with Crippen LogP contribution < -0.4 is 0 Å². The molecular formula is C16H20BrN3O2. The zero-order chi connectivity index (χ0) is 15.7. The van der Waals surface area contributed by atoms with Crippen LogP contribution >= 0.6 is 15.9 Å². The second kappa shape index (κ2) is 6.48. The van der Waals surface area contributed by atoms with E-state index in [-0.39, 0.29) is 17.2 Å². The van der Waals surface area contributed by atoms with E-state index in [1.54, 1.807) is 0 Å². The molecule has 1 saturated heterocycles. The van der Waals surface area contributed by atoms with Gasteiger partial charge in [0.15, 0.2) is 5.78 Å². The number of aromatic nitrogens is 2. The Morgan fingerprint density at radius 2 is 2.36 bits per heavy atom. The molecule has 0 aromatic carbocycles. The predicted octanol–water partition coefficient (Wildman–Crippen LogP) is 2.09. The minimum absolute atomic E-state index is 0.0144. The number of hydrogen-bond donors (Lipinski definition) is 0. The van der Waals surface area contributed by atoms with E-state index in [4.69, 9.17) is 4.74 Å². The second-order valence-corrected chi connectivity index (χ2v) is 6.42. The highest BCUT2D eigenvalue weighted by Gasteiger charge is 2.24. The SMILES string of the molecule is Cc1ccn2c(CC3CN(C)CCO3)c(C(=O)CBr)nc2c1. The van der Waals surface area contributed by atoms with Crippen molar-refractivity contribution in [2.75, 3.05) is 32.1 Å². The summed E-state index contributed by atoms with van der Waals surface area (Å²) in [5.74, 6) is 0.0144. The van der Waals surface area contributed by atoms with Crippen LogP contribution in [0.3, 0.4) is 0 Å². The van der Waals surface area contributed by atoms with Gasteiger partial charge in [0.25, 0.3) is 0 Å². The Morgan fingerprint density at radius 3 is 3.09 bits per heavy atom. The van der Waals surface area contributed by atoms with Crippen LogP contribution in [-0.2, 0) is 11.2 Å². The normalized spacial score (nSPS) is 19.7. The smallest absolute Gasteiger partial charge is 0.193 e. The van der Waals surface area contributed by atoms with Gasteiger partial charge in [0, 0.05) is 25.7 Å². The van der Waals surface area contributed by atoms with Gasteiger partial charge in [-0.25, -0.2) is 4.98 Å². The summed E-state index contributed by atoms with van der Waals surface area (Å²) in [5.41, 5.74) is 3.46. The van der Waals surface area contributed by atoms with Crippen molar-refractivity contribution in [1.82, 2.24) is 14.3 Å². The molecule has 0 radical (unpaired) electrons. The largest absolute Gasteiger partial charge is 0.375 e. The number of nitrogens with zero attached hydrogens (tertiary/aromatic N) is 3. The Kier molecular flexibility index (Phi) is 4.61. The summed E-state index contributed by atoms with van der Waals surface area (Å²) >= 11 is 3.25. The minimum atomic E-state index is 0.0144. The van der Waals surface area contributed by atoms with Crippen molar-refractivity contribution in [2.45, 2.75) is 19.4 Å². The average molecular weight is 366 g/mol. The number of ketones is 1. The Hall–Kier alpha value is -1.24. The van der Waals surface area contributed by atoms with E-state index >= 15 is 0 Å². The molecule has 1 atom stereocenters. The number of likely N-dealkylation sites (N-methyl/N-ethyl adjacent to an activating group) is 1. The van der Waals surface area contributed by atoms with E-state index in [2.05, 4.69) is 32.9 Å². The number of carbonyl (C=O) groups excluding carboxylic acids is 1. The Balaban J connectivity index is 1.99. The molecule has 1 fully saturated rings. The lowest BCUT2D eigenvalue weighted by Crippen LogP contribution is -2.41. The number of ether oxygens (including phenoxy) is 1. The number of aryl methyl sites for hydroxylation is 1. The topological polar surface area (TPSA) is 46.8 Å². The fraction of sp³-hybridized carbons (Fsp3) is 0.500. The Bertz CT molecular complexity index is 698. The molecule has 2 aromatic rings. The van der Waals surface area contributed by atoms with Crippen LogP contribution in [-0.4, -0.2) is 58.2 Å². The maximum Gasteiger partial charge on any atom is 0.193 e. The summed E-state index contributed by atoms with van der Waals surface area (Å²) in [6.07, 6.45) is 2.79. The highest BCUT2D eigenvalue weighted by atomic mass is 79.9. The molecule has 3 heterocycles. The van der Waals surface area contributed by atoms with Crippen molar-refractivity contribution in [3.63, 3.8) is 0 Å². The van der Waals surface area contributed by atoms with Crippen LogP contribution in [0.5, 0.6) is 0 Å². The first-order valence-electron chi connectivity index (χ1n) is 7.45. The molecule has 1 aliphatic heterocycles. The van der Waals surface area contributed by atoms with Gasteiger partial charge in [0.1, 0.15) is 11.3 Å². The third-order valence-electron chi connectivity index (χ3n) is 4.03. The van der Waals surface area contributed by atoms with Crippen LogP contribution in [0.15, 0.2) is 18.3 Å². The molecular weight excluding hydrogens is 346 g/mol. The van der Waals surface area contributed by atoms with Crippen molar-refractivity contribution in [3.05, 3.63) is 35.3 Å². The summed E-state index contributed by atoms with van der Waals surface area (Å²) in [7, 11) is 2.10. The highest BCUT2D eigenvalue weighted by molar-refractivity contribution is 9.09. The van der Waals surface area contributed by atoms with E-state index in [9.17, 15) is 4.79 Å². The second-order valence-electron chi connectivity index (χ2n) is 5.86. The summed E-state index contributed by atoms with van der Waals surface area (Å²) in [6, 6.07) is 4.04. The number of pyridine rings is 1. The summed E-state index contributed by atoms with van der Waals surface area (Å²) < 4.78 is 7.87. The molecule has 1 unspecified atom stereocenters. The number of halogens is 1. The van der Waals surface area contributed by atoms with Gasteiger partial charge in [-0.3, -0.25) is 4.79 Å². The number of imidazole rings is 1. The molecule has 1 aliphatic rings. The molecule has 118 valence electrons. The monoisotopic (exact) mass is 365 g/mol. The maximum atomic E-state index is 12.2. The third kappa shape index (κ3) is 3.09. The van der Waals surface area contributed by atoms with Gasteiger partial charge in [-0.15, -0.1) is 0 Å². The fourth-order valence-electron chi connectivity index (χ4n) is 2.88. The van der Waals surface area contributed by atoms with Crippen LogP contribution in [0.4, 0.5) is 0 Å². The molecule has 0 aliphatic carbocycles. The molecule has 2 aromatic heterocycles. The number of fused-ring (bicyclic) bond motifs is 1. The molecule has 0 spiro atoms. The van der Waals surface area contributed by atoms with Gasteiger partial charge in [-0.05, 0) is 31.7 Å². The molecule has 5 nitrogen and oxygen atoms in total. The van der Waals surface area contributed by atoms with Crippen molar-refractivity contribution < 1.29 is 9.53 Å². The molecule has 0 bridgehead atoms. The van der Waals surface area contributed by atoms with E-state index in [1.807, 2.05) is 29.7 Å². The van der Waals surface area contributed by atoms with E-state index in [1.165, 1.54) is 0 Å². The zero-order valence-corrected chi connectivity index (χ0v) is 14.5. The molecule has 0 N–H and O–H groups in total. The van der Waals surface area contributed by atoms with Crippen LogP contribution in [0, 0.1) is 6.92 Å². The fourth-order valence-corrected chi connectivity index (χ4v) is 3.15. The summed E-state index contributed by atoms with van der Waals surface area (Å²) in [4.78, 5) is 19.0. The number of hydrogen-bond acceptors (Lipinski definition) is 4. The van der Waals surface area contributed by atoms with E-state index in [0.717, 1.165) is 36.6 Å². The first-order valence-corrected chi connectivity index (χ1v) is 8.57. The van der Waals surface area contributed by atoms with Gasteiger partial charge in [-0.1, -0.05) is 15.9 Å². The van der Waals surface area contributed by atoms with Gasteiger partial charge in [0.2, 0.25) is 0 Å². The quantitative estimate of drug-likeness (QED) is 0.614. The highest BCUT2D eigenvalue weighted by Crippen LogP contribution is 2.19.